The monoisotopic (exact) mass is 362 g/mol. The molecule has 0 spiro atoms. The molecule has 0 fully saturated rings. The summed E-state index contributed by atoms with van der Waals surface area (Å²) in [5.74, 6) is 0.540. The minimum Gasteiger partial charge on any atom is -0.376 e. The Morgan fingerprint density at radius 3 is 2.24 bits per heavy atom. The van der Waals surface area contributed by atoms with Gasteiger partial charge < -0.3 is 4.74 Å². The normalized spacial score (nSPS) is 13.7. The average Bonchev–Trinajstić information content (AvgIpc) is 2.25. The molecule has 0 saturated heterocycles. The van der Waals surface area contributed by atoms with Crippen molar-refractivity contribution < 1.29 is 4.74 Å². The van der Waals surface area contributed by atoms with Crippen LogP contribution in [0.3, 0.4) is 0 Å². The van der Waals surface area contributed by atoms with Crippen molar-refractivity contribution in [3.05, 3.63) is 34.3 Å². The van der Waals surface area contributed by atoms with Crippen LogP contribution in [0, 0.1) is 11.3 Å². The van der Waals surface area contributed by atoms with E-state index < -0.39 is 0 Å². The third-order valence-corrected chi connectivity index (χ3v) is 4.22. The van der Waals surface area contributed by atoms with Crippen molar-refractivity contribution in [2.45, 2.75) is 27.4 Å². The van der Waals surface area contributed by atoms with Crippen LogP contribution < -0.4 is 0 Å². The Morgan fingerprint density at radius 1 is 1.18 bits per heavy atom. The summed E-state index contributed by atoms with van der Waals surface area (Å²) in [6.07, 6.45) is 0. The first kappa shape index (κ1) is 15.2. The predicted molar refractivity (Wildman–Crippen MR) is 80.5 cm³/mol. The molecule has 3 heteroatoms. The lowest BCUT2D eigenvalue weighted by Gasteiger charge is -2.28. The van der Waals surface area contributed by atoms with Crippen LogP contribution in [0.4, 0.5) is 0 Å². The quantitative estimate of drug-likeness (QED) is 0.667. The van der Waals surface area contributed by atoms with E-state index in [9.17, 15) is 0 Å². The Morgan fingerprint density at radius 2 is 1.76 bits per heavy atom. The predicted octanol–water partition coefficient (Wildman–Crippen LogP) is 5.02. The fraction of sp³-hybridized carbons (Fsp3) is 0.571. The van der Waals surface area contributed by atoms with Gasteiger partial charge in [-0.15, -0.1) is 0 Å². The third kappa shape index (κ3) is 5.54. The zero-order valence-electron chi connectivity index (χ0n) is 10.7. The average molecular weight is 364 g/mol. The van der Waals surface area contributed by atoms with Gasteiger partial charge in [0.1, 0.15) is 0 Å². The summed E-state index contributed by atoms with van der Waals surface area (Å²) in [6, 6.07) is 8.27. The van der Waals surface area contributed by atoms with Crippen LogP contribution in [0.2, 0.25) is 0 Å². The standard InChI is InChI=1S/C14H20Br2O/c1-14(2,3)12(8-15)10-17-9-11-4-6-13(16)7-5-11/h4-7,12H,8-10H2,1-3H3. The molecule has 0 aliphatic heterocycles. The zero-order chi connectivity index (χ0) is 12.9. The Bertz CT molecular complexity index is 327. The second-order valence-electron chi connectivity index (χ2n) is 5.36. The van der Waals surface area contributed by atoms with Gasteiger partial charge >= 0.3 is 0 Å². The largest absolute Gasteiger partial charge is 0.376 e. The minimum atomic E-state index is 0.281. The van der Waals surface area contributed by atoms with Crippen LogP contribution in [0.5, 0.6) is 0 Å². The molecule has 1 rings (SSSR count). The Hall–Kier alpha value is 0.140. The lowest BCUT2D eigenvalue weighted by molar-refractivity contribution is 0.0564. The first-order chi connectivity index (χ1) is 7.93. The summed E-state index contributed by atoms with van der Waals surface area (Å²) < 4.78 is 6.90. The van der Waals surface area contributed by atoms with Gasteiger partial charge in [0.05, 0.1) is 13.2 Å². The SMILES string of the molecule is CC(C)(C)C(CBr)COCc1ccc(Br)cc1. The highest BCUT2D eigenvalue weighted by atomic mass is 79.9. The number of alkyl halides is 1. The molecule has 0 radical (unpaired) electrons. The molecule has 0 aromatic heterocycles. The number of hydrogen-bond acceptors (Lipinski definition) is 1. The lowest BCUT2D eigenvalue weighted by Crippen LogP contribution is -2.26. The van der Waals surface area contributed by atoms with Gasteiger partial charge in [-0.2, -0.15) is 0 Å². The lowest BCUT2D eigenvalue weighted by atomic mass is 9.83. The Balaban J connectivity index is 2.39. The maximum atomic E-state index is 5.79. The number of ether oxygens (including phenoxy) is 1. The van der Waals surface area contributed by atoms with Crippen LogP contribution in [0.1, 0.15) is 26.3 Å². The molecule has 0 saturated carbocycles. The number of hydrogen-bond donors (Lipinski definition) is 0. The summed E-state index contributed by atoms with van der Waals surface area (Å²) >= 11 is 6.99. The van der Waals surface area contributed by atoms with Crippen molar-refractivity contribution in [1.82, 2.24) is 0 Å². The summed E-state index contributed by atoms with van der Waals surface area (Å²) in [7, 11) is 0. The molecule has 0 bridgehead atoms. The molecule has 1 atom stereocenters. The molecule has 1 aromatic carbocycles. The van der Waals surface area contributed by atoms with E-state index in [1.807, 2.05) is 12.1 Å². The van der Waals surface area contributed by atoms with E-state index in [0.29, 0.717) is 12.5 Å². The van der Waals surface area contributed by atoms with Gasteiger partial charge in [-0.3, -0.25) is 0 Å². The highest BCUT2D eigenvalue weighted by Crippen LogP contribution is 2.27. The molecule has 1 aromatic rings. The highest BCUT2D eigenvalue weighted by Gasteiger charge is 2.23. The molecule has 17 heavy (non-hydrogen) atoms. The molecule has 0 N–H and O–H groups in total. The third-order valence-electron chi connectivity index (χ3n) is 2.91. The maximum Gasteiger partial charge on any atom is 0.0717 e. The van der Waals surface area contributed by atoms with Crippen LogP contribution in [-0.2, 0) is 11.3 Å². The molecule has 0 aliphatic rings. The number of halogens is 2. The Labute approximate surface area is 121 Å². The Kier molecular flexibility index (Phi) is 6.18. The minimum absolute atomic E-state index is 0.281. The van der Waals surface area contributed by atoms with Crippen molar-refractivity contribution >= 4 is 31.9 Å². The molecular formula is C14H20Br2O. The fourth-order valence-corrected chi connectivity index (χ4v) is 2.85. The number of benzene rings is 1. The molecule has 0 aliphatic carbocycles. The summed E-state index contributed by atoms with van der Waals surface area (Å²) in [4.78, 5) is 0. The van der Waals surface area contributed by atoms with Gasteiger partial charge in [0.2, 0.25) is 0 Å². The second-order valence-corrected chi connectivity index (χ2v) is 6.92. The van der Waals surface area contributed by atoms with E-state index in [1.54, 1.807) is 0 Å². The molecule has 0 heterocycles. The van der Waals surface area contributed by atoms with E-state index in [4.69, 9.17) is 4.74 Å². The first-order valence-corrected chi connectivity index (χ1v) is 7.73. The van der Waals surface area contributed by atoms with E-state index in [-0.39, 0.29) is 5.41 Å². The molecule has 0 amide bonds. The zero-order valence-corrected chi connectivity index (χ0v) is 13.8. The summed E-state index contributed by atoms with van der Waals surface area (Å²) in [6.45, 7) is 8.24. The van der Waals surface area contributed by atoms with Crippen molar-refractivity contribution in [3.8, 4) is 0 Å². The van der Waals surface area contributed by atoms with Gasteiger partial charge in [-0.05, 0) is 29.0 Å². The smallest absolute Gasteiger partial charge is 0.0717 e. The van der Waals surface area contributed by atoms with Crippen molar-refractivity contribution in [2.24, 2.45) is 11.3 Å². The molecule has 1 nitrogen and oxygen atoms in total. The summed E-state index contributed by atoms with van der Waals surface area (Å²) in [5.41, 5.74) is 1.50. The van der Waals surface area contributed by atoms with Gasteiger partial charge in [0.15, 0.2) is 0 Å². The van der Waals surface area contributed by atoms with E-state index >= 15 is 0 Å². The van der Waals surface area contributed by atoms with Crippen molar-refractivity contribution in [1.29, 1.82) is 0 Å². The molecule has 1 unspecified atom stereocenters. The maximum absolute atomic E-state index is 5.79. The van der Waals surface area contributed by atoms with Gasteiger partial charge in [-0.25, -0.2) is 0 Å². The topological polar surface area (TPSA) is 9.23 Å². The van der Waals surface area contributed by atoms with Crippen LogP contribution in [-0.4, -0.2) is 11.9 Å². The van der Waals surface area contributed by atoms with Gasteiger partial charge in [-0.1, -0.05) is 64.8 Å². The van der Waals surface area contributed by atoms with Crippen LogP contribution in [0.15, 0.2) is 28.7 Å². The van der Waals surface area contributed by atoms with Crippen molar-refractivity contribution in [3.63, 3.8) is 0 Å². The van der Waals surface area contributed by atoms with E-state index in [1.165, 1.54) is 5.56 Å². The molecule has 96 valence electrons. The van der Waals surface area contributed by atoms with Crippen LogP contribution in [0.25, 0.3) is 0 Å². The van der Waals surface area contributed by atoms with Crippen molar-refractivity contribution in [2.75, 3.05) is 11.9 Å². The summed E-state index contributed by atoms with van der Waals surface area (Å²) in [5, 5.41) is 0.983. The van der Waals surface area contributed by atoms with E-state index in [2.05, 4.69) is 64.8 Å². The second kappa shape index (κ2) is 6.91. The molecular weight excluding hydrogens is 344 g/mol. The first-order valence-electron chi connectivity index (χ1n) is 5.81. The van der Waals surface area contributed by atoms with Gasteiger partial charge in [0, 0.05) is 9.80 Å². The van der Waals surface area contributed by atoms with Crippen LogP contribution >= 0.6 is 31.9 Å². The highest BCUT2D eigenvalue weighted by molar-refractivity contribution is 9.10. The number of rotatable bonds is 5. The van der Waals surface area contributed by atoms with Gasteiger partial charge in [0.25, 0.3) is 0 Å². The van der Waals surface area contributed by atoms with E-state index in [0.717, 1.165) is 16.4 Å². The fourth-order valence-electron chi connectivity index (χ4n) is 1.43.